The van der Waals surface area contributed by atoms with Crippen LogP contribution in [0.4, 0.5) is 0 Å². The van der Waals surface area contributed by atoms with Crippen LogP contribution in [0.3, 0.4) is 0 Å². The lowest BCUT2D eigenvalue weighted by Gasteiger charge is -2.11. The Hall–Kier alpha value is -1.51. The summed E-state index contributed by atoms with van der Waals surface area (Å²) >= 11 is 6.23. The van der Waals surface area contributed by atoms with Crippen molar-refractivity contribution in [2.45, 2.75) is 25.8 Å². The molecule has 0 amide bonds. The summed E-state index contributed by atoms with van der Waals surface area (Å²) in [6.45, 7) is 2.61. The molecule has 2 N–H and O–H groups in total. The zero-order chi connectivity index (χ0) is 14.4. The van der Waals surface area contributed by atoms with Crippen LogP contribution in [-0.2, 0) is 12.8 Å². The molecule has 2 aromatic rings. The second-order valence-electron chi connectivity index (χ2n) is 5.03. The third-order valence-electron chi connectivity index (χ3n) is 3.05. The second-order valence-corrected chi connectivity index (χ2v) is 5.44. The predicted molar refractivity (Wildman–Crippen MR) is 84.4 cm³/mol. The molecule has 0 heterocycles. The van der Waals surface area contributed by atoms with Crippen LogP contribution in [0.25, 0.3) is 0 Å². The summed E-state index contributed by atoms with van der Waals surface area (Å²) < 4.78 is 5.74. The molecule has 1 atom stereocenters. The summed E-state index contributed by atoms with van der Waals surface area (Å²) in [6.07, 6.45) is 1.70. The van der Waals surface area contributed by atoms with Crippen LogP contribution in [0.5, 0.6) is 5.75 Å². The third kappa shape index (κ3) is 4.55. The monoisotopic (exact) mass is 289 g/mol. The van der Waals surface area contributed by atoms with Gasteiger partial charge in [0.15, 0.2) is 0 Å². The van der Waals surface area contributed by atoms with Gasteiger partial charge in [0.1, 0.15) is 5.75 Å². The molecule has 0 aliphatic rings. The highest BCUT2D eigenvalue weighted by atomic mass is 35.5. The highest BCUT2D eigenvalue weighted by Crippen LogP contribution is 2.26. The van der Waals surface area contributed by atoms with Crippen molar-refractivity contribution in [2.75, 3.05) is 6.61 Å². The average molecular weight is 290 g/mol. The van der Waals surface area contributed by atoms with Crippen molar-refractivity contribution in [1.82, 2.24) is 0 Å². The summed E-state index contributed by atoms with van der Waals surface area (Å²) in [7, 11) is 0. The quantitative estimate of drug-likeness (QED) is 0.876. The van der Waals surface area contributed by atoms with Crippen LogP contribution in [0.1, 0.15) is 18.1 Å². The first-order valence-corrected chi connectivity index (χ1v) is 7.23. The van der Waals surface area contributed by atoms with E-state index in [2.05, 4.69) is 12.1 Å². The van der Waals surface area contributed by atoms with Gasteiger partial charge in [-0.05, 0) is 36.6 Å². The lowest BCUT2D eigenvalue weighted by atomic mass is 10.1. The van der Waals surface area contributed by atoms with Crippen molar-refractivity contribution in [2.24, 2.45) is 5.73 Å². The molecule has 20 heavy (non-hydrogen) atoms. The van der Waals surface area contributed by atoms with Gasteiger partial charge < -0.3 is 10.5 Å². The van der Waals surface area contributed by atoms with Crippen LogP contribution in [0.2, 0.25) is 5.02 Å². The Balaban J connectivity index is 1.90. The van der Waals surface area contributed by atoms with Crippen molar-refractivity contribution < 1.29 is 4.74 Å². The summed E-state index contributed by atoms with van der Waals surface area (Å²) in [5, 5.41) is 0.649. The highest BCUT2D eigenvalue weighted by Gasteiger charge is 2.05. The van der Waals surface area contributed by atoms with Gasteiger partial charge in [-0.15, -0.1) is 0 Å². The molecule has 0 aromatic heterocycles. The van der Waals surface area contributed by atoms with Crippen LogP contribution in [0, 0.1) is 0 Å². The first-order valence-electron chi connectivity index (χ1n) is 6.86. The maximum Gasteiger partial charge on any atom is 0.137 e. The van der Waals surface area contributed by atoms with Gasteiger partial charge in [0, 0.05) is 12.5 Å². The summed E-state index contributed by atoms with van der Waals surface area (Å²) in [5.74, 6) is 0.732. The van der Waals surface area contributed by atoms with Gasteiger partial charge in [-0.3, -0.25) is 0 Å². The molecule has 0 saturated heterocycles. The molecule has 2 rings (SSSR count). The van der Waals surface area contributed by atoms with Gasteiger partial charge in [0.2, 0.25) is 0 Å². The molecule has 2 nitrogen and oxygen atoms in total. The zero-order valence-corrected chi connectivity index (χ0v) is 12.4. The molecule has 0 spiro atoms. The van der Waals surface area contributed by atoms with Crippen molar-refractivity contribution in [3.63, 3.8) is 0 Å². The van der Waals surface area contributed by atoms with E-state index in [0.717, 1.165) is 24.2 Å². The van der Waals surface area contributed by atoms with Crippen LogP contribution in [0.15, 0.2) is 48.5 Å². The van der Waals surface area contributed by atoms with Crippen LogP contribution in [-0.4, -0.2) is 12.6 Å². The first-order chi connectivity index (χ1) is 9.65. The van der Waals surface area contributed by atoms with E-state index in [1.165, 1.54) is 5.56 Å². The summed E-state index contributed by atoms with van der Waals surface area (Å²) in [4.78, 5) is 0. The van der Waals surface area contributed by atoms with E-state index in [9.17, 15) is 0 Å². The Morgan fingerprint density at radius 2 is 1.85 bits per heavy atom. The van der Waals surface area contributed by atoms with E-state index in [0.29, 0.717) is 11.6 Å². The summed E-state index contributed by atoms with van der Waals surface area (Å²) in [5.41, 5.74) is 8.18. The Kier molecular flexibility index (Phi) is 5.45. The van der Waals surface area contributed by atoms with E-state index >= 15 is 0 Å². The smallest absolute Gasteiger partial charge is 0.137 e. The van der Waals surface area contributed by atoms with Gasteiger partial charge in [0.25, 0.3) is 0 Å². The standard InChI is InChI=1S/C17H20ClNO/c1-13(19)11-15-7-8-17(16(18)12-15)20-10-9-14-5-3-2-4-6-14/h2-8,12-13H,9-11,19H2,1H3. The van der Waals surface area contributed by atoms with Gasteiger partial charge in [0.05, 0.1) is 11.6 Å². The second kappa shape index (κ2) is 7.32. The van der Waals surface area contributed by atoms with E-state index in [1.54, 1.807) is 0 Å². The molecule has 0 fully saturated rings. The van der Waals surface area contributed by atoms with Crippen molar-refractivity contribution in [3.05, 3.63) is 64.7 Å². The van der Waals surface area contributed by atoms with E-state index < -0.39 is 0 Å². The highest BCUT2D eigenvalue weighted by molar-refractivity contribution is 6.32. The fraction of sp³-hybridized carbons (Fsp3) is 0.294. The molecule has 0 aliphatic heterocycles. The number of halogens is 1. The normalized spacial score (nSPS) is 12.2. The molecule has 1 unspecified atom stereocenters. The fourth-order valence-electron chi connectivity index (χ4n) is 2.08. The maximum atomic E-state index is 6.23. The fourth-order valence-corrected chi connectivity index (χ4v) is 2.34. The SMILES string of the molecule is CC(N)Cc1ccc(OCCc2ccccc2)c(Cl)c1. The minimum atomic E-state index is 0.135. The molecular formula is C17H20ClNO. The summed E-state index contributed by atoms with van der Waals surface area (Å²) in [6, 6.07) is 16.3. The number of hydrogen-bond acceptors (Lipinski definition) is 2. The largest absolute Gasteiger partial charge is 0.492 e. The first kappa shape index (κ1) is 14.9. The van der Waals surface area contributed by atoms with Crippen molar-refractivity contribution in [1.29, 1.82) is 0 Å². The Morgan fingerprint density at radius 1 is 1.10 bits per heavy atom. The number of ether oxygens (including phenoxy) is 1. The molecular weight excluding hydrogens is 270 g/mol. The lowest BCUT2D eigenvalue weighted by molar-refractivity contribution is 0.322. The van der Waals surface area contributed by atoms with Crippen LogP contribution < -0.4 is 10.5 Å². The van der Waals surface area contributed by atoms with Crippen LogP contribution >= 0.6 is 11.6 Å². The molecule has 2 aromatic carbocycles. The predicted octanol–water partition coefficient (Wildman–Crippen LogP) is 3.85. The molecule has 0 bridgehead atoms. The molecule has 3 heteroatoms. The maximum absolute atomic E-state index is 6.23. The molecule has 0 saturated carbocycles. The Bertz CT molecular complexity index is 540. The van der Waals surface area contributed by atoms with Gasteiger partial charge >= 0.3 is 0 Å². The van der Waals surface area contributed by atoms with Crippen molar-refractivity contribution in [3.8, 4) is 5.75 Å². The van der Waals surface area contributed by atoms with E-state index in [1.807, 2.05) is 43.3 Å². The zero-order valence-electron chi connectivity index (χ0n) is 11.7. The third-order valence-corrected chi connectivity index (χ3v) is 3.34. The van der Waals surface area contributed by atoms with E-state index in [-0.39, 0.29) is 6.04 Å². The molecule has 0 aliphatic carbocycles. The number of nitrogens with two attached hydrogens (primary N) is 1. The molecule has 0 radical (unpaired) electrons. The number of rotatable bonds is 6. The van der Waals surface area contributed by atoms with Crippen molar-refractivity contribution >= 4 is 11.6 Å². The Labute approximate surface area is 125 Å². The van der Waals surface area contributed by atoms with Gasteiger partial charge in [-0.2, -0.15) is 0 Å². The minimum absolute atomic E-state index is 0.135. The number of benzene rings is 2. The lowest BCUT2D eigenvalue weighted by Crippen LogP contribution is -2.17. The topological polar surface area (TPSA) is 35.2 Å². The molecule has 106 valence electrons. The van der Waals surface area contributed by atoms with E-state index in [4.69, 9.17) is 22.1 Å². The average Bonchev–Trinajstić information content (AvgIpc) is 2.42. The minimum Gasteiger partial charge on any atom is -0.492 e. The Morgan fingerprint density at radius 3 is 2.50 bits per heavy atom. The van der Waals surface area contributed by atoms with Gasteiger partial charge in [-0.25, -0.2) is 0 Å². The number of hydrogen-bond donors (Lipinski definition) is 1. The van der Waals surface area contributed by atoms with Gasteiger partial charge in [-0.1, -0.05) is 48.0 Å².